The van der Waals surface area contributed by atoms with Crippen LogP contribution in [0.2, 0.25) is 0 Å². The molecule has 0 heterocycles. The first-order valence-electron chi connectivity index (χ1n) is 6.56. The largest absolute Gasteiger partial charge is 0.496 e. The zero-order valence-corrected chi connectivity index (χ0v) is 11.6. The van der Waals surface area contributed by atoms with Crippen molar-refractivity contribution in [3.05, 3.63) is 29.1 Å². The van der Waals surface area contributed by atoms with Gasteiger partial charge in [-0.1, -0.05) is 13.8 Å². The number of hydrogen-bond acceptors (Lipinski definition) is 2. The van der Waals surface area contributed by atoms with E-state index >= 15 is 0 Å². The Morgan fingerprint density at radius 2 is 1.89 bits per heavy atom. The number of nitrogens with two attached hydrogens (primary N) is 1. The second-order valence-electron chi connectivity index (χ2n) is 5.67. The standard InChI is InChI=1S/C15H22FNO/c1-9(2)11-7-12(14(18-4)8-13(11)16)15(5-6-15)10(3)17/h7-10H,5-6,17H2,1-4H3. The van der Waals surface area contributed by atoms with Crippen molar-refractivity contribution >= 4 is 0 Å². The molecule has 1 aromatic rings. The third-order valence-electron chi connectivity index (χ3n) is 4.14. The summed E-state index contributed by atoms with van der Waals surface area (Å²) in [6, 6.07) is 3.53. The molecule has 0 saturated heterocycles. The average Bonchev–Trinajstić information content (AvgIpc) is 3.09. The molecule has 100 valence electrons. The minimum atomic E-state index is -0.189. The van der Waals surface area contributed by atoms with Crippen LogP contribution in [-0.4, -0.2) is 13.2 Å². The van der Waals surface area contributed by atoms with Gasteiger partial charge in [-0.05, 0) is 37.3 Å². The Labute approximate surface area is 108 Å². The van der Waals surface area contributed by atoms with Crippen molar-refractivity contribution in [1.82, 2.24) is 0 Å². The molecule has 0 spiro atoms. The maximum absolute atomic E-state index is 14.0. The van der Waals surface area contributed by atoms with Gasteiger partial charge < -0.3 is 10.5 Å². The quantitative estimate of drug-likeness (QED) is 0.890. The Morgan fingerprint density at radius 1 is 1.28 bits per heavy atom. The highest BCUT2D eigenvalue weighted by Gasteiger charge is 2.49. The summed E-state index contributed by atoms with van der Waals surface area (Å²) < 4.78 is 19.3. The number of benzene rings is 1. The fourth-order valence-electron chi connectivity index (χ4n) is 2.68. The molecule has 0 radical (unpaired) electrons. The molecule has 3 heteroatoms. The molecular formula is C15H22FNO. The van der Waals surface area contributed by atoms with Gasteiger partial charge in [0.15, 0.2) is 0 Å². The lowest BCUT2D eigenvalue weighted by molar-refractivity contribution is 0.394. The minimum absolute atomic E-state index is 0.0112. The molecule has 1 aromatic carbocycles. The fraction of sp³-hybridized carbons (Fsp3) is 0.600. The van der Waals surface area contributed by atoms with Crippen LogP contribution in [0.25, 0.3) is 0 Å². The number of methoxy groups -OCH3 is 1. The molecule has 2 N–H and O–H groups in total. The first kappa shape index (κ1) is 13.3. The van der Waals surface area contributed by atoms with Crippen LogP contribution in [0, 0.1) is 5.82 Å². The van der Waals surface area contributed by atoms with Crippen LogP contribution < -0.4 is 10.5 Å². The fourth-order valence-corrected chi connectivity index (χ4v) is 2.68. The lowest BCUT2D eigenvalue weighted by Gasteiger charge is -2.24. The van der Waals surface area contributed by atoms with Crippen LogP contribution in [-0.2, 0) is 5.41 Å². The molecule has 0 aromatic heterocycles. The van der Waals surface area contributed by atoms with Gasteiger partial charge in [-0.25, -0.2) is 4.39 Å². The molecule has 1 fully saturated rings. The SMILES string of the molecule is COc1cc(F)c(C(C)C)cc1C1(C(C)N)CC1. The monoisotopic (exact) mass is 251 g/mol. The summed E-state index contributed by atoms with van der Waals surface area (Å²) in [5.74, 6) is 0.608. The first-order valence-corrected chi connectivity index (χ1v) is 6.56. The van der Waals surface area contributed by atoms with Crippen molar-refractivity contribution in [3.8, 4) is 5.75 Å². The topological polar surface area (TPSA) is 35.2 Å². The molecule has 1 aliphatic carbocycles. The van der Waals surface area contributed by atoms with Gasteiger partial charge in [0, 0.05) is 23.1 Å². The summed E-state index contributed by atoms with van der Waals surface area (Å²) in [7, 11) is 1.59. The highest BCUT2D eigenvalue weighted by atomic mass is 19.1. The Bertz CT molecular complexity index is 450. The van der Waals surface area contributed by atoms with Gasteiger partial charge >= 0.3 is 0 Å². The smallest absolute Gasteiger partial charge is 0.130 e. The van der Waals surface area contributed by atoms with Crippen LogP contribution in [0.4, 0.5) is 4.39 Å². The van der Waals surface area contributed by atoms with Crippen LogP contribution >= 0.6 is 0 Å². The van der Waals surface area contributed by atoms with E-state index in [0.29, 0.717) is 5.75 Å². The van der Waals surface area contributed by atoms with Crippen molar-refractivity contribution in [2.24, 2.45) is 5.73 Å². The maximum Gasteiger partial charge on any atom is 0.130 e. The average molecular weight is 251 g/mol. The normalized spacial score (nSPS) is 18.8. The third kappa shape index (κ3) is 2.01. The molecule has 0 bridgehead atoms. The zero-order chi connectivity index (χ0) is 13.5. The van der Waals surface area contributed by atoms with Gasteiger partial charge in [0.2, 0.25) is 0 Å². The predicted molar refractivity (Wildman–Crippen MR) is 71.6 cm³/mol. The van der Waals surface area contributed by atoms with Crippen LogP contribution in [0.5, 0.6) is 5.75 Å². The molecule has 1 saturated carbocycles. The van der Waals surface area contributed by atoms with Gasteiger partial charge in [0.1, 0.15) is 11.6 Å². The second kappa shape index (κ2) is 4.54. The van der Waals surface area contributed by atoms with E-state index in [4.69, 9.17) is 10.5 Å². The van der Waals surface area contributed by atoms with Gasteiger partial charge in [-0.3, -0.25) is 0 Å². The van der Waals surface area contributed by atoms with Gasteiger partial charge in [-0.15, -0.1) is 0 Å². The number of hydrogen-bond donors (Lipinski definition) is 1. The lowest BCUT2D eigenvalue weighted by Crippen LogP contribution is -2.32. The molecule has 0 aliphatic heterocycles. The predicted octanol–water partition coefficient (Wildman–Crippen LogP) is 3.34. The summed E-state index contributed by atoms with van der Waals surface area (Å²) >= 11 is 0. The van der Waals surface area contributed by atoms with Crippen molar-refractivity contribution in [2.75, 3.05) is 7.11 Å². The molecule has 1 atom stereocenters. The Hall–Kier alpha value is -1.09. The van der Waals surface area contributed by atoms with E-state index < -0.39 is 0 Å². The van der Waals surface area contributed by atoms with Gasteiger partial charge in [0.25, 0.3) is 0 Å². The molecule has 2 nitrogen and oxygen atoms in total. The van der Waals surface area contributed by atoms with Gasteiger partial charge in [-0.2, -0.15) is 0 Å². The molecule has 0 amide bonds. The van der Waals surface area contributed by atoms with Crippen LogP contribution in [0.3, 0.4) is 0 Å². The Kier molecular flexibility index (Phi) is 3.37. The zero-order valence-electron chi connectivity index (χ0n) is 11.6. The van der Waals surface area contributed by atoms with E-state index in [1.54, 1.807) is 7.11 Å². The molecular weight excluding hydrogens is 229 g/mol. The minimum Gasteiger partial charge on any atom is -0.496 e. The third-order valence-corrected chi connectivity index (χ3v) is 4.14. The highest BCUT2D eigenvalue weighted by molar-refractivity contribution is 5.48. The highest BCUT2D eigenvalue weighted by Crippen LogP contribution is 2.53. The molecule has 1 unspecified atom stereocenters. The van der Waals surface area contributed by atoms with Crippen molar-refractivity contribution < 1.29 is 9.13 Å². The maximum atomic E-state index is 14.0. The number of halogens is 1. The van der Waals surface area contributed by atoms with E-state index in [9.17, 15) is 4.39 Å². The molecule has 18 heavy (non-hydrogen) atoms. The van der Waals surface area contributed by atoms with Crippen LogP contribution in [0.15, 0.2) is 12.1 Å². The van der Waals surface area contributed by atoms with E-state index in [-0.39, 0.29) is 23.2 Å². The Balaban J connectivity index is 2.55. The number of rotatable bonds is 4. The summed E-state index contributed by atoms with van der Waals surface area (Å²) in [5.41, 5.74) is 7.91. The van der Waals surface area contributed by atoms with E-state index in [1.165, 1.54) is 6.07 Å². The summed E-state index contributed by atoms with van der Waals surface area (Å²) in [5, 5.41) is 0. The summed E-state index contributed by atoms with van der Waals surface area (Å²) in [4.78, 5) is 0. The molecule has 2 rings (SSSR count). The van der Waals surface area contributed by atoms with Crippen molar-refractivity contribution in [3.63, 3.8) is 0 Å². The Morgan fingerprint density at radius 3 is 2.28 bits per heavy atom. The first-order chi connectivity index (χ1) is 8.42. The van der Waals surface area contributed by atoms with E-state index in [0.717, 1.165) is 24.0 Å². The molecule has 1 aliphatic rings. The summed E-state index contributed by atoms with van der Waals surface area (Å²) in [6.07, 6.45) is 2.12. The van der Waals surface area contributed by atoms with Gasteiger partial charge in [0.05, 0.1) is 7.11 Å². The second-order valence-corrected chi connectivity index (χ2v) is 5.67. The summed E-state index contributed by atoms with van der Waals surface area (Å²) in [6.45, 7) is 6.02. The van der Waals surface area contributed by atoms with Crippen molar-refractivity contribution in [2.45, 2.75) is 51.0 Å². The van der Waals surface area contributed by atoms with E-state index in [2.05, 4.69) is 0 Å². The number of ether oxygens (including phenoxy) is 1. The van der Waals surface area contributed by atoms with Crippen LogP contribution in [0.1, 0.15) is 50.7 Å². The lowest BCUT2D eigenvalue weighted by atomic mass is 9.86. The van der Waals surface area contributed by atoms with E-state index in [1.807, 2.05) is 26.8 Å². The van der Waals surface area contributed by atoms with Crippen molar-refractivity contribution in [1.29, 1.82) is 0 Å².